The van der Waals surface area contributed by atoms with E-state index in [1.165, 1.54) is 33.0 Å². The fourth-order valence-electron chi connectivity index (χ4n) is 12.8. The van der Waals surface area contributed by atoms with Crippen molar-refractivity contribution >= 4 is 60.9 Å². The van der Waals surface area contributed by atoms with Crippen molar-refractivity contribution in [2.45, 2.75) is 214 Å². The molecule has 5 rings (SSSR count). The molecular formula is C75H131N11NaO39P. The molecule has 0 aromatic carbocycles. The number of unbranched alkanes of at least 4 members (excludes halogenated alkanes) is 5. The van der Waals surface area contributed by atoms with Crippen molar-refractivity contribution in [2.24, 2.45) is 0 Å². The zero-order valence-electron chi connectivity index (χ0n) is 72.2. The molecule has 4 aliphatic heterocycles. The van der Waals surface area contributed by atoms with Crippen molar-refractivity contribution in [1.29, 1.82) is 0 Å². The van der Waals surface area contributed by atoms with Crippen molar-refractivity contribution in [1.82, 2.24) is 52.1 Å². The van der Waals surface area contributed by atoms with Crippen molar-refractivity contribution < 1.29 is 213 Å². The Morgan fingerprint density at radius 2 is 0.827 bits per heavy atom. The molecule has 0 aliphatic carbocycles. The zero-order valence-corrected chi connectivity index (χ0v) is 75.1. The maximum absolute atomic E-state index is 14.4. The maximum Gasteiger partial charge on any atom is 1.00 e. The number of phosphoric ester groups is 1. The van der Waals surface area contributed by atoms with E-state index in [0.29, 0.717) is 32.1 Å². The van der Waals surface area contributed by atoms with Gasteiger partial charge >= 0.3 is 35.2 Å². The van der Waals surface area contributed by atoms with Crippen LogP contribution < -0.4 is 88.4 Å². The molecule has 127 heavy (non-hydrogen) atoms. The fraction of sp³-hybridized carbons (Fsp3) is 0.840. The third-order valence-corrected chi connectivity index (χ3v) is 20.3. The van der Waals surface area contributed by atoms with Gasteiger partial charge in [0, 0.05) is 53.0 Å². The molecule has 0 bridgehead atoms. The van der Waals surface area contributed by atoms with E-state index in [2.05, 4.69) is 47.5 Å². The number of aliphatic hydroxyl groups is 10. The molecule has 52 heteroatoms. The van der Waals surface area contributed by atoms with E-state index in [0.717, 1.165) is 4.57 Å². The number of hydrogen-bond acceptors (Lipinski definition) is 41. The van der Waals surface area contributed by atoms with Gasteiger partial charge in [-0.05, 0) is 57.4 Å². The quantitative estimate of drug-likeness (QED) is 0.0164. The van der Waals surface area contributed by atoms with Crippen LogP contribution in [0.5, 0.6) is 0 Å². The van der Waals surface area contributed by atoms with Gasteiger partial charge in [0.25, 0.3) is 7.82 Å². The number of ether oxygens (including phenoxy) is 16. The summed E-state index contributed by atoms with van der Waals surface area (Å²) in [6.07, 6.45) is -15.1. The minimum absolute atomic E-state index is 0. The van der Waals surface area contributed by atoms with Crippen molar-refractivity contribution in [3.63, 3.8) is 0 Å². The van der Waals surface area contributed by atoms with Crippen LogP contribution in [-0.4, -0.2) is 416 Å². The molecule has 0 saturated carbocycles. The van der Waals surface area contributed by atoms with Gasteiger partial charge < -0.3 is 189 Å². The van der Waals surface area contributed by atoms with Gasteiger partial charge in [0.2, 0.25) is 47.3 Å². The largest absolute Gasteiger partial charge is 1.00 e. The minimum atomic E-state index is -4.88. The average Bonchev–Trinajstić information content (AvgIpc) is 1.75. The molecule has 20 N–H and O–H groups in total. The van der Waals surface area contributed by atoms with Gasteiger partial charge in [-0.1, -0.05) is 12.8 Å². The Kier molecular flexibility index (Phi) is 58.4. The Balaban J connectivity index is 0.0000338. The number of nitrogens with one attached hydrogen (secondary N) is 8. The third-order valence-electron chi connectivity index (χ3n) is 19.4. The Hall–Kier alpha value is -5.49. The summed E-state index contributed by atoms with van der Waals surface area (Å²) in [5, 5.41) is 122. The number of nitrogens with two attached hydrogens (primary N) is 1. The van der Waals surface area contributed by atoms with Gasteiger partial charge in [0.05, 0.1) is 158 Å². The maximum atomic E-state index is 14.4. The fourth-order valence-corrected chi connectivity index (χ4v) is 13.6. The van der Waals surface area contributed by atoms with Crippen molar-refractivity contribution in [2.75, 3.05) is 197 Å². The van der Waals surface area contributed by atoms with Crippen LogP contribution >= 0.6 is 7.82 Å². The number of carbonyl (C=O) groups excluding carboxylic acids is 8. The molecule has 4 aliphatic rings. The van der Waals surface area contributed by atoms with Gasteiger partial charge in [0.1, 0.15) is 123 Å². The molecule has 50 nitrogen and oxygen atoms in total. The summed E-state index contributed by atoms with van der Waals surface area (Å²) < 4.78 is 112. The van der Waals surface area contributed by atoms with E-state index in [4.69, 9.17) is 90.6 Å². The Morgan fingerprint density at radius 3 is 1.22 bits per heavy atom. The first-order valence-electron chi connectivity index (χ1n) is 41.9. The average molecular weight is 1860 g/mol. The number of amides is 8. The number of hydrogen-bond donors (Lipinski definition) is 19. The molecule has 0 spiro atoms. The number of phosphoric acid groups is 1. The van der Waals surface area contributed by atoms with Gasteiger partial charge in [-0.2, -0.15) is 4.98 Å². The molecule has 4 saturated heterocycles. The van der Waals surface area contributed by atoms with Gasteiger partial charge in [-0.25, -0.2) is 4.79 Å². The number of rotatable bonds is 68. The SMILES string of the molecule is CC(=O)N[C@H]1[C@H](OCCOCCOCCOCC(=O)NCCCC[C@H](NC(=O)COCCOCCOCCO[C@@H]2O[C@H](CO)[C@H](O)[C@H](O)[C@H]2NC(C)=O)C(=O)N[C@@H](CCCCNC(=O)COCCOCCOCCO[C@@H]2O[C@H](CO)[C@H](O)[C@H](O)[C@H]2NC(C)=O)C(=O)NCCCCCCOP(=O)([O-])OC[C@H]2O[C@@H](n3ccc(N)nc3=O)C[C@@H]2O)O[C@H](CO)[C@H](O)[C@@H]1O.[Na+]. The standard InChI is InChI=1S/C75H132N11O39P.Na/c1-46(90)80-61-67(100)64(97)52(39-87)123-72(61)117-35-32-111-23-20-108-26-29-114-43-57(94)77-15-9-6-12-49(70(103)79-17-8-4-5-11-19-120-126(106,107)121-42-55-51(93)38-60(122-55)86-18-14-56(76)85-75(86)105)84-71(104)50(83-59(96)45-116-31-28-110-22-25-113-34-37-119-74-63(82-48(3)92)69(102)66(99)54(41-89)125-74)13-7-10-16-78-58(95)44-115-30-27-109-21-24-112-33-36-118-73-62(81-47(2)91)68(101)65(98)53(40-88)124-73;/h14,18,49-55,60-69,72-74,87-89,93,97-102H,4-13,15-17,19-45H2,1-3H3,(H,77,94)(H,78,95)(H,79,103)(H,80,90)(H,81,91)(H,82,92)(H,83,96)(H,84,104)(H,106,107)(H2,76,85,105);/q;+1/p-1/t49-,50-,51-,52+,53+,54+,55+,60+,61+,62+,63+,64-,65-,66-,67+,68+,69+,72+,73+,74+;/m0./s1. The van der Waals surface area contributed by atoms with Crippen LogP contribution in [0.2, 0.25) is 0 Å². The summed E-state index contributed by atoms with van der Waals surface area (Å²) in [5.41, 5.74) is 4.83. The Labute approximate surface area is 756 Å². The number of anilines is 1. The summed E-state index contributed by atoms with van der Waals surface area (Å²) in [7, 11) is -4.88. The second-order valence-corrected chi connectivity index (χ2v) is 30.8. The molecule has 8 amide bonds. The topological polar surface area (TPSA) is 702 Å². The Bertz CT molecular complexity index is 3400. The molecule has 1 aromatic heterocycles. The van der Waals surface area contributed by atoms with Gasteiger partial charge in [-0.3, -0.25) is 47.5 Å². The molecule has 1 unspecified atom stereocenters. The number of nitrogen functional groups attached to an aromatic ring is 1. The monoisotopic (exact) mass is 1860 g/mol. The van der Waals surface area contributed by atoms with Gasteiger partial charge in [-0.15, -0.1) is 0 Å². The number of aliphatic hydroxyl groups excluding tert-OH is 10. The van der Waals surface area contributed by atoms with Crippen LogP contribution in [0.3, 0.4) is 0 Å². The number of nitrogens with zero attached hydrogens (tertiary/aromatic N) is 2. The molecule has 21 atom stereocenters. The number of aromatic nitrogens is 2. The smallest absolute Gasteiger partial charge is 0.756 e. The molecule has 5 heterocycles. The molecular weight excluding hydrogens is 1730 g/mol. The van der Waals surface area contributed by atoms with E-state index < -0.39 is 216 Å². The summed E-state index contributed by atoms with van der Waals surface area (Å²) >= 11 is 0. The molecule has 0 radical (unpaired) electrons. The van der Waals surface area contributed by atoms with Crippen LogP contribution in [0.25, 0.3) is 0 Å². The molecule has 726 valence electrons. The second kappa shape index (κ2) is 65.2. The van der Waals surface area contributed by atoms with E-state index in [9.17, 15) is 104 Å². The predicted octanol–water partition coefficient (Wildman–Crippen LogP) is -12.8. The summed E-state index contributed by atoms with van der Waals surface area (Å²) in [4.78, 5) is 131. The normalized spacial score (nSPS) is 25.6. The van der Waals surface area contributed by atoms with Crippen molar-refractivity contribution in [3.8, 4) is 0 Å². The van der Waals surface area contributed by atoms with Crippen LogP contribution in [0.15, 0.2) is 17.1 Å². The Morgan fingerprint density at radius 1 is 0.465 bits per heavy atom. The van der Waals surface area contributed by atoms with E-state index >= 15 is 0 Å². The van der Waals surface area contributed by atoms with Crippen LogP contribution in [0, 0.1) is 0 Å². The van der Waals surface area contributed by atoms with E-state index in [1.807, 2.05) is 0 Å². The summed E-state index contributed by atoms with van der Waals surface area (Å²) in [6, 6.07) is -4.43. The minimum Gasteiger partial charge on any atom is -0.756 e. The van der Waals surface area contributed by atoms with Crippen molar-refractivity contribution in [3.05, 3.63) is 22.7 Å². The van der Waals surface area contributed by atoms with E-state index in [1.54, 1.807) is 0 Å². The number of carbonyl (C=O) groups is 8. The second-order valence-electron chi connectivity index (χ2n) is 29.4. The zero-order chi connectivity index (χ0) is 92.2. The first kappa shape index (κ1) is 114. The first-order valence-corrected chi connectivity index (χ1v) is 43.4. The van der Waals surface area contributed by atoms with E-state index in [-0.39, 0.29) is 232 Å². The predicted molar refractivity (Wildman–Crippen MR) is 427 cm³/mol. The van der Waals surface area contributed by atoms with Crippen LogP contribution in [0.4, 0.5) is 5.82 Å². The first-order chi connectivity index (χ1) is 60.5. The summed E-state index contributed by atoms with van der Waals surface area (Å²) in [6.45, 7) is 1.07. The van der Waals surface area contributed by atoms with Crippen LogP contribution in [0.1, 0.15) is 97.6 Å². The third kappa shape index (κ3) is 45.2. The van der Waals surface area contributed by atoms with Crippen LogP contribution in [-0.2, 0) is 128 Å². The molecule has 4 fully saturated rings. The summed E-state index contributed by atoms with van der Waals surface area (Å²) in [5.74, 6) is -4.50. The van der Waals surface area contributed by atoms with Gasteiger partial charge in [0.15, 0.2) is 18.9 Å². The molecule has 1 aromatic rings.